The topological polar surface area (TPSA) is 20.3 Å². The summed E-state index contributed by atoms with van der Waals surface area (Å²) in [5.74, 6) is 0.390. The van der Waals surface area contributed by atoms with Gasteiger partial charge in [-0.3, -0.25) is 4.79 Å². The number of carbonyl (C=O) groups excluding carboxylic acids is 1. The molecule has 0 radical (unpaired) electrons. The number of amides is 1. The number of nitrogens with zero attached hydrogens (tertiary/aromatic N) is 1. The van der Waals surface area contributed by atoms with Gasteiger partial charge in [-0.25, -0.2) is 0 Å². The van der Waals surface area contributed by atoms with Gasteiger partial charge in [-0.15, -0.1) is 11.6 Å². The Morgan fingerprint density at radius 3 is 2.69 bits per heavy atom. The quantitative estimate of drug-likeness (QED) is 0.771. The van der Waals surface area contributed by atoms with Crippen molar-refractivity contribution in [3.05, 3.63) is 33.3 Å². The van der Waals surface area contributed by atoms with Crippen LogP contribution in [0.5, 0.6) is 0 Å². The molecule has 1 rings (SSSR count). The minimum Gasteiger partial charge on any atom is -0.338 e. The summed E-state index contributed by atoms with van der Waals surface area (Å²) in [6, 6.07) is 5.17. The Hall–Kier alpha value is -0.250. The molecular weight excluding hydrogens is 313 g/mol. The van der Waals surface area contributed by atoms with Crippen LogP contribution in [-0.2, 0) is 0 Å². The van der Waals surface area contributed by atoms with Crippen molar-refractivity contribution in [2.75, 3.05) is 19.0 Å². The third-order valence-corrected chi connectivity index (χ3v) is 3.59. The molecule has 0 aliphatic carbocycles. The Morgan fingerprint density at radius 2 is 2.19 bits per heavy atom. The summed E-state index contributed by atoms with van der Waals surface area (Å²) in [6.45, 7) is 3.11. The maximum atomic E-state index is 12.0. The molecule has 0 aromatic heterocycles. The molecule has 0 saturated heterocycles. The maximum absolute atomic E-state index is 12.0. The van der Waals surface area contributed by atoms with Gasteiger partial charge in [-0.1, -0.05) is 11.6 Å². The van der Waals surface area contributed by atoms with Crippen LogP contribution in [0.4, 0.5) is 0 Å². The zero-order chi connectivity index (χ0) is 12.1. The lowest BCUT2D eigenvalue weighted by molar-refractivity contribution is 0.0774. The lowest BCUT2D eigenvalue weighted by atomic mass is 10.2. The van der Waals surface area contributed by atoms with E-state index in [-0.39, 0.29) is 5.91 Å². The second-order valence-corrected chi connectivity index (χ2v) is 4.84. The van der Waals surface area contributed by atoms with Gasteiger partial charge in [0.2, 0.25) is 0 Å². The van der Waals surface area contributed by atoms with Gasteiger partial charge in [-0.2, -0.15) is 0 Å². The molecule has 0 saturated carbocycles. The summed E-state index contributed by atoms with van der Waals surface area (Å²) in [7, 11) is 0. The van der Waals surface area contributed by atoms with Crippen molar-refractivity contribution in [2.24, 2.45) is 0 Å². The van der Waals surface area contributed by atoms with E-state index >= 15 is 0 Å². The average molecular weight is 325 g/mol. The van der Waals surface area contributed by atoms with Crippen molar-refractivity contribution in [3.63, 3.8) is 0 Å². The predicted molar refractivity (Wildman–Crippen MR) is 71.4 cm³/mol. The number of alkyl halides is 1. The van der Waals surface area contributed by atoms with Crippen LogP contribution in [0.1, 0.15) is 17.3 Å². The fourth-order valence-corrected chi connectivity index (χ4v) is 1.95. The average Bonchev–Trinajstić information content (AvgIpc) is 2.28. The lowest BCUT2D eigenvalue weighted by Crippen LogP contribution is -2.32. The van der Waals surface area contributed by atoms with E-state index < -0.39 is 0 Å². The first-order chi connectivity index (χ1) is 7.60. The highest BCUT2D eigenvalue weighted by Crippen LogP contribution is 2.23. The fraction of sp³-hybridized carbons (Fsp3) is 0.364. The number of hydrogen-bond acceptors (Lipinski definition) is 1. The number of hydrogen-bond donors (Lipinski definition) is 0. The van der Waals surface area contributed by atoms with E-state index in [0.29, 0.717) is 29.6 Å². The van der Waals surface area contributed by atoms with Crippen LogP contribution in [0.25, 0.3) is 0 Å². The van der Waals surface area contributed by atoms with Gasteiger partial charge >= 0.3 is 0 Å². The van der Waals surface area contributed by atoms with E-state index in [1.165, 1.54) is 0 Å². The Bertz CT molecular complexity index is 384. The zero-order valence-corrected chi connectivity index (χ0v) is 11.9. The molecule has 5 heteroatoms. The molecule has 16 heavy (non-hydrogen) atoms. The van der Waals surface area contributed by atoms with Gasteiger partial charge in [0.25, 0.3) is 5.91 Å². The van der Waals surface area contributed by atoms with Crippen LogP contribution in [-0.4, -0.2) is 29.8 Å². The first-order valence-corrected chi connectivity index (χ1v) is 6.61. The smallest absolute Gasteiger partial charge is 0.253 e. The summed E-state index contributed by atoms with van der Waals surface area (Å²) in [4.78, 5) is 13.7. The van der Waals surface area contributed by atoms with E-state index in [1.807, 2.05) is 6.92 Å². The molecule has 1 aromatic carbocycles. The number of rotatable bonds is 4. The molecule has 0 aliphatic heterocycles. The summed E-state index contributed by atoms with van der Waals surface area (Å²) in [5, 5.41) is 0.535. The minimum atomic E-state index is -0.0439. The molecule has 2 nitrogen and oxygen atoms in total. The third kappa shape index (κ3) is 3.37. The standard InChI is InChI=1S/C11H12BrCl2NO/c1-2-15(6-5-13)11(16)8-3-4-9(12)10(14)7-8/h3-4,7H,2,5-6H2,1H3. The summed E-state index contributed by atoms with van der Waals surface area (Å²) >= 11 is 14.9. The van der Waals surface area contributed by atoms with Gasteiger partial charge in [0.15, 0.2) is 0 Å². The highest BCUT2D eigenvalue weighted by molar-refractivity contribution is 9.10. The normalized spacial score (nSPS) is 10.2. The summed E-state index contributed by atoms with van der Waals surface area (Å²) in [6.07, 6.45) is 0. The Balaban J connectivity index is 2.90. The van der Waals surface area contributed by atoms with Crippen LogP contribution in [0.2, 0.25) is 5.02 Å². The number of halogens is 3. The van der Waals surface area contributed by atoms with Crippen molar-refractivity contribution >= 4 is 45.0 Å². The van der Waals surface area contributed by atoms with Crippen molar-refractivity contribution in [1.29, 1.82) is 0 Å². The highest BCUT2D eigenvalue weighted by atomic mass is 79.9. The van der Waals surface area contributed by atoms with Crippen LogP contribution < -0.4 is 0 Å². The predicted octanol–water partition coefficient (Wildman–Crippen LogP) is 3.80. The van der Waals surface area contributed by atoms with Crippen LogP contribution in [0.3, 0.4) is 0 Å². The first kappa shape index (κ1) is 13.8. The molecule has 0 aliphatic rings. The molecule has 1 amide bonds. The molecule has 0 atom stereocenters. The largest absolute Gasteiger partial charge is 0.338 e. The summed E-state index contributed by atoms with van der Waals surface area (Å²) < 4.78 is 0.783. The molecule has 0 N–H and O–H groups in total. The van der Waals surface area contributed by atoms with E-state index in [4.69, 9.17) is 23.2 Å². The molecule has 1 aromatic rings. The van der Waals surface area contributed by atoms with Gasteiger partial charge < -0.3 is 4.90 Å². The number of benzene rings is 1. The molecule has 0 spiro atoms. The highest BCUT2D eigenvalue weighted by Gasteiger charge is 2.14. The van der Waals surface area contributed by atoms with Crippen molar-refractivity contribution in [3.8, 4) is 0 Å². The van der Waals surface area contributed by atoms with E-state index in [9.17, 15) is 4.79 Å². The number of carbonyl (C=O) groups is 1. The molecular formula is C11H12BrCl2NO. The molecule has 0 bridgehead atoms. The van der Waals surface area contributed by atoms with Crippen molar-refractivity contribution in [1.82, 2.24) is 4.90 Å². The minimum absolute atomic E-state index is 0.0439. The van der Waals surface area contributed by atoms with Gasteiger partial charge in [0.1, 0.15) is 0 Å². The molecule has 0 fully saturated rings. The third-order valence-electron chi connectivity index (χ3n) is 2.19. The second-order valence-electron chi connectivity index (χ2n) is 3.20. The van der Waals surface area contributed by atoms with Gasteiger partial charge in [0, 0.05) is 29.0 Å². The van der Waals surface area contributed by atoms with Gasteiger partial charge in [-0.05, 0) is 41.1 Å². The second kappa shape index (κ2) is 6.48. The Kier molecular flexibility index (Phi) is 5.59. The lowest BCUT2D eigenvalue weighted by Gasteiger charge is -2.19. The Morgan fingerprint density at radius 1 is 1.50 bits per heavy atom. The van der Waals surface area contributed by atoms with Crippen molar-refractivity contribution < 1.29 is 4.79 Å². The monoisotopic (exact) mass is 323 g/mol. The van der Waals surface area contributed by atoms with Crippen LogP contribution in [0, 0.1) is 0 Å². The molecule has 0 heterocycles. The van der Waals surface area contributed by atoms with E-state index in [1.54, 1.807) is 23.1 Å². The van der Waals surface area contributed by atoms with E-state index in [0.717, 1.165) is 4.47 Å². The summed E-state index contributed by atoms with van der Waals surface area (Å²) in [5.41, 5.74) is 0.583. The SMILES string of the molecule is CCN(CCCl)C(=O)c1ccc(Br)c(Cl)c1. The zero-order valence-electron chi connectivity index (χ0n) is 8.84. The molecule has 0 unspecified atom stereocenters. The van der Waals surface area contributed by atoms with E-state index in [2.05, 4.69) is 15.9 Å². The Labute approximate surface area is 114 Å². The van der Waals surface area contributed by atoms with Crippen molar-refractivity contribution in [2.45, 2.75) is 6.92 Å². The maximum Gasteiger partial charge on any atom is 0.253 e. The van der Waals surface area contributed by atoms with Crippen LogP contribution >= 0.6 is 39.1 Å². The van der Waals surface area contributed by atoms with Crippen LogP contribution in [0.15, 0.2) is 22.7 Å². The first-order valence-electron chi connectivity index (χ1n) is 4.90. The fourth-order valence-electron chi connectivity index (χ4n) is 1.32. The molecule has 88 valence electrons. The van der Waals surface area contributed by atoms with Gasteiger partial charge in [0.05, 0.1) is 5.02 Å².